The second-order valence-electron chi connectivity index (χ2n) is 6.96. The third-order valence-corrected chi connectivity index (χ3v) is 6.42. The lowest BCUT2D eigenvalue weighted by molar-refractivity contribution is 0.0474. The van der Waals surface area contributed by atoms with Gasteiger partial charge in [-0.05, 0) is 58.0 Å². The van der Waals surface area contributed by atoms with Crippen LogP contribution in [-0.2, 0) is 14.8 Å². The Labute approximate surface area is 169 Å². The third-order valence-electron chi connectivity index (χ3n) is 4.99. The molecule has 1 saturated carbocycles. The average molecular weight is 420 g/mol. The number of nitrogens with zero attached hydrogens (tertiary/aromatic N) is 1. The van der Waals surface area contributed by atoms with Crippen molar-refractivity contribution in [2.45, 2.75) is 37.6 Å². The molecule has 8 nitrogen and oxygen atoms in total. The van der Waals surface area contributed by atoms with Crippen molar-refractivity contribution >= 4 is 21.8 Å². The van der Waals surface area contributed by atoms with Crippen molar-refractivity contribution < 1.29 is 27.5 Å². The third kappa shape index (κ3) is 4.20. The number of hydrogen-bond acceptors (Lipinski definition) is 6. The fraction of sp³-hybridized carbons (Fsp3) is 0.400. The minimum absolute atomic E-state index is 0.0101. The second kappa shape index (κ2) is 8.00. The van der Waals surface area contributed by atoms with Crippen LogP contribution in [0.5, 0.6) is 5.75 Å². The Balaban J connectivity index is 1.75. The molecule has 1 aliphatic rings. The van der Waals surface area contributed by atoms with E-state index in [2.05, 4.69) is 9.29 Å². The monoisotopic (exact) mass is 420 g/mol. The minimum Gasteiger partial charge on any atom is -0.495 e. The smallest absolute Gasteiger partial charge is 0.338 e. The lowest BCUT2D eigenvalue weighted by atomic mass is 10.1. The summed E-state index contributed by atoms with van der Waals surface area (Å²) in [6.45, 7) is 3.42. The Morgan fingerprint density at radius 1 is 1.21 bits per heavy atom. The normalized spacial score (nSPS) is 13.9. The molecule has 1 aromatic carbocycles. The first-order chi connectivity index (χ1) is 13.7. The fourth-order valence-electron chi connectivity index (χ4n) is 3.37. The van der Waals surface area contributed by atoms with Crippen molar-refractivity contribution in [1.29, 1.82) is 0 Å². The van der Waals surface area contributed by atoms with Crippen molar-refractivity contribution in [1.82, 2.24) is 9.29 Å². The summed E-state index contributed by atoms with van der Waals surface area (Å²) < 4.78 is 38.8. The van der Waals surface area contributed by atoms with Crippen molar-refractivity contribution in [3.8, 4) is 5.75 Å². The van der Waals surface area contributed by atoms with E-state index in [4.69, 9.17) is 9.47 Å². The highest BCUT2D eigenvalue weighted by molar-refractivity contribution is 7.89. The van der Waals surface area contributed by atoms with Crippen LogP contribution in [0.3, 0.4) is 0 Å². The van der Waals surface area contributed by atoms with Gasteiger partial charge in [-0.3, -0.25) is 4.79 Å². The van der Waals surface area contributed by atoms with Crippen LogP contribution < -0.4 is 9.46 Å². The van der Waals surface area contributed by atoms with Crippen LogP contribution in [0.2, 0.25) is 0 Å². The van der Waals surface area contributed by atoms with Gasteiger partial charge in [0, 0.05) is 23.0 Å². The van der Waals surface area contributed by atoms with E-state index in [9.17, 15) is 18.0 Å². The van der Waals surface area contributed by atoms with Gasteiger partial charge < -0.3 is 14.0 Å². The lowest BCUT2D eigenvalue weighted by Gasteiger charge is -2.11. The van der Waals surface area contributed by atoms with Crippen LogP contribution in [0.1, 0.15) is 51.0 Å². The van der Waals surface area contributed by atoms with Crippen LogP contribution in [0.25, 0.3) is 0 Å². The summed E-state index contributed by atoms with van der Waals surface area (Å²) in [5, 5.41) is 0. The predicted molar refractivity (Wildman–Crippen MR) is 106 cm³/mol. The summed E-state index contributed by atoms with van der Waals surface area (Å²) in [7, 11) is -1.24. The summed E-state index contributed by atoms with van der Waals surface area (Å²) in [5.74, 6) is -0.987. The number of carbonyl (C=O) groups is 2. The van der Waals surface area contributed by atoms with E-state index in [0.29, 0.717) is 11.6 Å². The van der Waals surface area contributed by atoms with Gasteiger partial charge in [0.1, 0.15) is 10.6 Å². The molecule has 156 valence electrons. The SMILES string of the molecule is CNS(=O)(=O)c1cc(C(=O)OCC(=O)c2cc(C)n(C3CC3)c2C)ccc1OC. The van der Waals surface area contributed by atoms with Crippen LogP contribution >= 0.6 is 0 Å². The fourth-order valence-corrected chi connectivity index (χ4v) is 4.29. The zero-order valence-corrected chi connectivity index (χ0v) is 17.6. The molecule has 0 atom stereocenters. The van der Waals surface area contributed by atoms with Gasteiger partial charge >= 0.3 is 5.97 Å². The molecule has 1 fully saturated rings. The highest BCUT2D eigenvalue weighted by Crippen LogP contribution is 2.38. The number of aryl methyl sites for hydroxylation is 1. The Morgan fingerprint density at radius 2 is 1.90 bits per heavy atom. The zero-order valence-electron chi connectivity index (χ0n) is 16.8. The van der Waals surface area contributed by atoms with Gasteiger partial charge in [-0.25, -0.2) is 17.9 Å². The van der Waals surface area contributed by atoms with Gasteiger partial charge in [-0.1, -0.05) is 0 Å². The van der Waals surface area contributed by atoms with Crippen molar-refractivity contribution in [2.24, 2.45) is 0 Å². The maximum atomic E-state index is 12.6. The molecule has 0 saturated heterocycles. The van der Waals surface area contributed by atoms with Gasteiger partial charge in [-0.15, -0.1) is 0 Å². The first kappa shape index (κ1) is 21.1. The molecule has 1 aliphatic carbocycles. The zero-order chi connectivity index (χ0) is 21.3. The Bertz CT molecular complexity index is 1070. The number of aromatic nitrogens is 1. The molecule has 9 heteroatoms. The summed E-state index contributed by atoms with van der Waals surface area (Å²) in [4.78, 5) is 24.8. The van der Waals surface area contributed by atoms with E-state index in [-0.39, 0.29) is 22.0 Å². The molecule has 1 aromatic heterocycles. The van der Waals surface area contributed by atoms with Gasteiger partial charge in [0.15, 0.2) is 6.61 Å². The highest BCUT2D eigenvalue weighted by atomic mass is 32.2. The first-order valence-electron chi connectivity index (χ1n) is 9.20. The number of sulfonamides is 1. The number of carbonyl (C=O) groups excluding carboxylic acids is 2. The molecule has 0 aliphatic heterocycles. The summed E-state index contributed by atoms with van der Waals surface area (Å²) in [6, 6.07) is 6.18. The highest BCUT2D eigenvalue weighted by Gasteiger charge is 2.28. The maximum absolute atomic E-state index is 12.6. The number of benzene rings is 1. The first-order valence-corrected chi connectivity index (χ1v) is 10.7. The molecule has 3 rings (SSSR count). The Morgan fingerprint density at radius 3 is 2.48 bits per heavy atom. The largest absolute Gasteiger partial charge is 0.495 e. The molecule has 0 unspecified atom stereocenters. The van der Waals surface area contributed by atoms with E-state index in [1.165, 1.54) is 26.3 Å². The van der Waals surface area contributed by atoms with Crippen LogP contribution in [0.4, 0.5) is 0 Å². The van der Waals surface area contributed by atoms with E-state index in [1.807, 2.05) is 19.9 Å². The number of nitrogens with one attached hydrogen (secondary N) is 1. The van der Waals surface area contributed by atoms with Crippen molar-refractivity contribution in [3.05, 3.63) is 46.8 Å². The molecule has 0 radical (unpaired) electrons. The molecule has 0 amide bonds. The Kier molecular flexibility index (Phi) is 5.81. The molecule has 1 N–H and O–H groups in total. The second-order valence-corrected chi connectivity index (χ2v) is 8.81. The van der Waals surface area contributed by atoms with Crippen LogP contribution in [-0.4, -0.2) is 45.5 Å². The van der Waals surface area contributed by atoms with E-state index in [1.54, 1.807) is 0 Å². The topological polar surface area (TPSA) is 104 Å². The minimum atomic E-state index is -3.83. The number of methoxy groups -OCH3 is 1. The standard InChI is InChI=1S/C20H24N2O6S/c1-12-9-16(13(2)22(12)15-6-7-15)17(23)11-28-20(24)14-5-8-18(27-4)19(10-14)29(25,26)21-3/h5,8-10,15,21H,6-7,11H2,1-4H3. The van der Waals surface area contributed by atoms with E-state index >= 15 is 0 Å². The van der Waals surface area contributed by atoms with Crippen molar-refractivity contribution in [2.75, 3.05) is 20.8 Å². The summed E-state index contributed by atoms with van der Waals surface area (Å²) >= 11 is 0. The number of ketones is 1. The van der Waals surface area contributed by atoms with Gasteiger partial charge in [-0.2, -0.15) is 0 Å². The summed E-state index contributed by atoms with van der Waals surface area (Å²) in [5.41, 5.74) is 2.43. The number of hydrogen-bond donors (Lipinski definition) is 1. The Hall–Kier alpha value is -2.65. The lowest BCUT2D eigenvalue weighted by Crippen LogP contribution is -2.20. The van der Waals surface area contributed by atoms with Gasteiger partial charge in [0.25, 0.3) is 0 Å². The van der Waals surface area contributed by atoms with Crippen LogP contribution in [0.15, 0.2) is 29.2 Å². The number of Topliss-reactive ketones (excluding diaryl/α,β-unsaturated/α-hetero) is 1. The van der Waals surface area contributed by atoms with E-state index in [0.717, 1.165) is 30.3 Å². The molecule has 0 bridgehead atoms. The number of ether oxygens (including phenoxy) is 2. The molecule has 29 heavy (non-hydrogen) atoms. The molecule has 1 heterocycles. The van der Waals surface area contributed by atoms with Crippen LogP contribution in [0, 0.1) is 13.8 Å². The van der Waals surface area contributed by atoms with Gasteiger partial charge in [0.05, 0.1) is 12.7 Å². The number of esters is 1. The maximum Gasteiger partial charge on any atom is 0.338 e. The molecular formula is C20H24N2O6S. The molecular weight excluding hydrogens is 396 g/mol. The molecule has 0 spiro atoms. The quantitative estimate of drug-likeness (QED) is 0.520. The predicted octanol–water partition coefficient (Wildman–Crippen LogP) is 2.40. The van der Waals surface area contributed by atoms with Crippen molar-refractivity contribution in [3.63, 3.8) is 0 Å². The molecule has 2 aromatic rings. The number of rotatable bonds is 8. The summed E-state index contributed by atoms with van der Waals surface area (Å²) in [6.07, 6.45) is 2.21. The van der Waals surface area contributed by atoms with Gasteiger partial charge in [0.2, 0.25) is 15.8 Å². The van der Waals surface area contributed by atoms with E-state index < -0.39 is 22.6 Å². The average Bonchev–Trinajstić information content (AvgIpc) is 3.49.